The largest absolute Gasteiger partial charge is 0.492 e. The van der Waals surface area contributed by atoms with E-state index in [4.69, 9.17) is 13.7 Å². The van der Waals surface area contributed by atoms with Gasteiger partial charge in [-0.2, -0.15) is 4.98 Å². The van der Waals surface area contributed by atoms with Crippen molar-refractivity contribution < 1.29 is 13.7 Å². The van der Waals surface area contributed by atoms with Crippen molar-refractivity contribution >= 4 is 0 Å². The van der Waals surface area contributed by atoms with Gasteiger partial charge in [0, 0.05) is 6.54 Å². The van der Waals surface area contributed by atoms with E-state index in [9.17, 15) is 0 Å². The monoisotopic (exact) mass is 313 g/mol. The molecule has 0 aliphatic rings. The molecule has 6 heteroatoms. The molecule has 0 spiro atoms. The molecule has 0 amide bonds. The minimum absolute atomic E-state index is 0.467. The molecule has 3 aromatic rings. The number of hydrogen-bond acceptors (Lipinski definition) is 6. The van der Waals surface area contributed by atoms with Gasteiger partial charge >= 0.3 is 0 Å². The third-order valence-electron chi connectivity index (χ3n) is 3.44. The molecule has 0 aliphatic heterocycles. The average molecular weight is 313 g/mol. The van der Waals surface area contributed by atoms with E-state index in [1.54, 1.807) is 18.4 Å². The smallest absolute Gasteiger partial charge is 0.241 e. The molecule has 0 saturated carbocycles. The lowest BCUT2D eigenvalue weighted by Crippen LogP contribution is -2.24. The summed E-state index contributed by atoms with van der Waals surface area (Å²) in [6, 6.07) is 11.6. The highest BCUT2D eigenvalue weighted by molar-refractivity contribution is 5.44. The Hall–Kier alpha value is -2.60. The van der Waals surface area contributed by atoms with Crippen LogP contribution in [0.5, 0.6) is 5.75 Å². The molecule has 0 atom stereocenters. The van der Waals surface area contributed by atoms with Crippen LogP contribution < -0.4 is 4.74 Å². The molecule has 6 nitrogen and oxygen atoms in total. The number of ether oxygens (including phenoxy) is 1. The van der Waals surface area contributed by atoms with Gasteiger partial charge in [0.15, 0.2) is 5.76 Å². The number of para-hydroxylation sites is 1. The molecular formula is C17H19N3O3. The molecule has 0 saturated heterocycles. The maximum Gasteiger partial charge on any atom is 0.241 e. The summed E-state index contributed by atoms with van der Waals surface area (Å²) >= 11 is 0. The summed E-state index contributed by atoms with van der Waals surface area (Å²) in [5.41, 5.74) is 1.13. The third kappa shape index (κ3) is 3.98. The van der Waals surface area contributed by atoms with Crippen molar-refractivity contribution in [2.45, 2.75) is 13.5 Å². The van der Waals surface area contributed by atoms with Crippen LogP contribution in [0.1, 0.15) is 11.5 Å². The van der Waals surface area contributed by atoms with E-state index in [0.717, 1.165) is 17.9 Å². The first-order valence-electron chi connectivity index (χ1n) is 7.46. The van der Waals surface area contributed by atoms with Gasteiger partial charge in [0.1, 0.15) is 12.4 Å². The van der Waals surface area contributed by atoms with Crippen LogP contribution in [0.2, 0.25) is 0 Å². The standard InChI is InChI=1S/C17H19N3O3/c1-13-6-3-4-7-14(13)22-11-9-20(2)12-16-18-17(19-23-16)15-8-5-10-21-15/h3-8,10H,9,11-12H2,1-2H3. The maximum atomic E-state index is 5.79. The van der Waals surface area contributed by atoms with Crippen LogP contribution in [0.3, 0.4) is 0 Å². The highest BCUT2D eigenvalue weighted by atomic mass is 16.5. The Morgan fingerprint density at radius 2 is 2.04 bits per heavy atom. The van der Waals surface area contributed by atoms with Gasteiger partial charge in [-0.25, -0.2) is 0 Å². The molecule has 2 aromatic heterocycles. The van der Waals surface area contributed by atoms with E-state index in [0.29, 0.717) is 30.6 Å². The molecule has 0 aliphatic carbocycles. The highest BCUT2D eigenvalue weighted by Gasteiger charge is 2.12. The first-order chi connectivity index (χ1) is 11.2. The predicted octanol–water partition coefficient (Wildman–Crippen LogP) is 3.15. The lowest BCUT2D eigenvalue weighted by atomic mass is 10.2. The van der Waals surface area contributed by atoms with Gasteiger partial charge in [0.2, 0.25) is 11.7 Å². The number of nitrogens with zero attached hydrogens (tertiary/aromatic N) is 3. The fourth-order valence-corrected chi connectivity index (χ4v) is 2.16. The Morgan fingerprint density at radius 1 is 1.17 bits per heavy atom. The molecule has 0 bridgehead atoms. The van der Waals surface area contributed by atoms with Crippen molar-refractivity contribution in [3.05, 3.63) is 54.1 Å². The zero-order valence-electron chi connectivity index (χ0n) is 13.2. The van der Waals surface area contributed by atoms with Gasteiger partial charge in [-0.3, -0.25) is 4.90 Å². The van der Waals surface area contributed by atoms with Gasteiger partial charge in [-0.1, -0.05) is 23.4 Å². The van der Waals surface area contributed by atoms with E-state index >= 15 is 0 Å². The van der Waals surface area contributed by atoms with Crippen molar-refractivity contribution in [2.75, 3.05) is 20.2 Å². The Balaban J connectivity index is 1.48. The number of likely N-dealkylation sites (N-methyl/N-ethyl adjacent to an activating group) is 1. The molecule has 0 fully saturated rings. The van der Waals surface area contributed by atoms with Gasteiger partial charge in [0.05, 0.1) is 12.8 Å². The van der Waals surface area contributed by atoms with E-state index in [2.05, 4.69) is 15.0 Å². The van der Waals surface area contributed by atoms with Crippen LogP contribution >= 0.6 is 0 Å². The van der Waals surface area contributed by atoms with E-state index in [1.807, 2.05) is 38.2 Å². The summed E-state index contributed by atoms with van der Waals surface area (Å²) in [6.07, 6.45) is 1.58. The van der Waals surface area contributed by atoms with Crippen LogP contribution in [-0.2, 0) is 6.54 Å². The SMILES string of the molecule is Cc1ccccc1OCCN(C)Cc1nc(-c2ccco2)no1. The second-order valence-corrected chi connectivity index (χ2v) is 5.34. The maximum absolute atomic E-state index is 5.79. The van der Waals surface area contributed by atoms with E-state index < -0.39 is 0 Å². The van der Waals surface area contributed by atoms with Crippen molar-refractivity contribution in [2.24, 2.45) is 0 Å². The van der Waals surface area contributed by atoms with Crippen LogP contribution in [-0.4, -0.2) is 35.2 Å². The van der Waals surface area contributed by atoms with Crippen molar-refractivity contribution in [3.8, 4) is 17.3 Å². The van der Waals surface area contributed by atoms with Crippen molar-refractivity contribution in [1.82, 2.24) is 15.0 Å². The molecule has 120 valence electrons. The fourth-order valence-electron chi connectivity index (χ4n) is 2.16. The zero-order valence-corrected chi connectivity index (χ0v) is 13.2. The second kappa shape index (κ2) is 7.11. The second-order valence-electron chi connectivity index (χ2n) is 5.34. The highest BCUT2D eigenvalue weighted by Crippen LogP contribution is 2.17. The predicted molar refractivity (Wildman–Crippen MR) is 85.0 cm³/mol. The summed E-state index contributed by atoms with van der Waals surface area (Å²) < 4.78 is 16.3. The normalized spacial score (nSPS) is 11.1. The number of aryl methyl sites for hydroxylation is 1. The van der Waals surface area contributed by atoms with Crippen LogP contribution in [0.4, 0.5) is 0 Å². The van der Waals surface area contributed by atoms with Gasteiger partial charge in [-0.05, 0) is 37.7 Å². The van der Waals surface area contributed by atoms with E-state index in [-0.39, 0.29) is 0 Å². The van der Waals surface area contributed by atoms with E-state index in [1.165, 1.54) is 0 Å². The Labute approximate surface area is 134 Å². The molecule has 0 radical (unpaired) electrons. The fraction of sp³-hybridized carbons (Fsp3) is 0.294. The number of hydrogen-bond donors (Lipinski definition) is 0. The third-order valence-corrected chi connectivity index (χ3v) is 3.44. The molecule has 3 rings (SSSR count). The van der Waals surface area contributed by atoms with Crippen molar-refractivity contribution in [3.63, 3.8) is 0 Å². The zero-order chi connectivity index (χ0) is 16.1. The first-order valence-corrected chi connectivity index (χ1v) is 7.46. The summed E-state index contributed by atoms with van der Waals surface area (Å²) in [5.74, 6) is 2.54. The molecule has 2 heterocycles. The molecule has 23 heavy (non-hydrogen) atoms. The Morgan fingerprint density at radius 3 is 2.83 bits per heavy atom. The minimum Gasteiger partial charge on any atom is -0.492 e. The average Bonchev–Trinajstić information content (AvgIpc) is 3.20. The lowest BCUT2D eigenvalue weighted by molar-refractivity contribution is 0.212. The molecule has 1 aromatic carbocycles. The summed E-state index contributed by atoms with van der Waals surface area (Å²) in [6.45, 7) is 3.95. The topological polar surface area (TPSA) is 64.5 Å². The van der Waals surface area contributed by atoms with Crippen LogP contribution in [0.15, 0.2) is 51.6 Å². The number of rotatable bonds is 7. The van der Waals surface area contributed by atoms with Gasteiger partial charge < -0.3 is 13.7 Å². The first kappa shape index (κ1) is 15.3. The quantitative estimate of drug-likeness (QED) is 0.667. The van der Waals surface area contributed by atoms with Gasteiger partial charge in [0.25, 0.3) is 0 Å². The van der Waals surface area contributed by atoms with Crippen LogP contribution in [0, 0.1) is 6.92 Å². The summed E-state index contributed by atoms with van der Waals surface area (Å²) in [4.78, 5) is 6.39. The minimum atomic E-state index is 0.467. The van der Waals surface area contributed by atoms with Crippen molar-refractivity contribution in [1.29, 1.82) is 0 Å². The Bertz CT molecular complexity index is 737. The molecular weight excluding hydrogens is 294 g/mol. The number of furan rings is 1. The summed E-state index contributed by atoms with van der Waals surface area (Å²) in [5, 5.41) is 3.91. The molecule has 0 unspecified atom stereocenters. The molecule has 0 N–H and O–H groups in total. The Kier molecular flexibility index (Phi) is 4.73. The van der Waals surface area contributed by atoms with Crippen LogP contribution in [0.25, 0.3) is 11.6 Å². The number of aromatic nitrogens is 2. The summed E-state index contributed by atoms with van der Waals surface area (Å²) in [7, 11) is 1.98. The van der Waals surface area contributed by atoms with Gasteiger partial charge in [-0.15, -0.1) is 0 Å². The lowest BCUT2D eigenvalue weighted by Gasteiger charge is -2.15. The number of benzene rings is 1.